The van der Waals surface area contributed by atoms with Crippen LogP contribution in [0.2, 0.25) is 0 Å². The molecule has 0 aromatic heterocycles. The number of hydrogen-bond donors (Lipinski definition) is 1. The van der Waals surface area contributed by atoms with E-state index in [-0.39, 0.29) is 11.6 Å². The Bertz CT molecular complexity index is 256. The van der Waals surface area contributed by atoms with E-state index in [2.05, 4.69) is 55.4 Å². The Labute approximate surface area is 121 Å². The minimum Gasteiger partial charge on any atom is -0.375 e. The van der Waals surface area contributed by atoms with Gasteiger partial charge in [-0.3, -0.25) is 0 Å². The molecular weight excluding hydrogens is 234 g/mol. The molecule has 3 atom stereocenters. The van der Waals surface area contributed by atoms with Crippen LogP contribution in [0.3, 0.4) is 0 Å². The Kier molecular flexibility index (Phi) is 7.05. The highest BCUT2D eigenvalue weighted by atomic mass is 16.5. The molecule has 2 heteroatoms. The van der Waals surface area contributed by atoms with Gasteiger partial charge in [-0.1, -0.05) is 41.5 Å². The van der Waals surface area contributed by atoms with Crippen LogP contribution < -0.4 is 5.73 Å². The van der Waals surface area contributed by atoms with E-state index >= 15 is 0 Å². The molecule has 0 bridgehead atoms. The third-order valence-corrected chi connectivity index (χ3v) is 4.98. The van der Waals surface area contributed by atoms with E-state index in [1.807, 2.05) is 6.92 Å². The molecule has 3 unspecified atom stereocenters. The van der Waals surface area contributed by atoms with E-state index in [0.29, 0.717) is 23.2 Å². The first-order chi connectivity index (χ1) is 8.40. The maximum absolute atomic E-state index is 6.14. The fourth-order valence-corrected chi connectivity index (χ4v) is 2.71. The average Bonchev–Trinajstić information content (AvgIpc) is 2.22. The summed E-state index contributed by atoms with van der Waals surface area (Å²) >= 11 is 0. The molecule has 0 saturated heterocycles. The normalized spacial score (nSPS) is 18.5. The number of nitrogens with two attached hydrogens (primary N) is 1. The molecule has 19 heavy (non-hydrogen) atoms. The van der Waals surface area contributed by atoms with Crippen molar-refractivity contribution in [2.75, 3.05) is 6.61 Å². The van der Waals surface area contributed by atoms with Gasteiger partial charge in [0.25, 0.3) is 0 Å². The SMILES string of the molecule is CC(N)CC(C)(C)OCC(C)C(C)(C)C(C)C(C)C. The van der Waals surface area contributed by atoms with Gasteiger partial charge in [0.05, 0.1) is 12.2 Å². The summed E-state index contributed by atoms with van der Waals surface area (Å²) in [6, 6.07) is 0.188. The van der Waals surface area contributed by atoms with Crippen LogP contribution in [-0.4, -0.2) is 18.2 Å². The van der Waals surface area contributed by atoms with Crippen molar-refractivity contribution in [2.45, 2.75) is 80.4 Å². The molecule has 2 nitrogen and oxygen atoms in total. The maximum Gasteiger partial charge on any atom is 0.0641 e. The van der Waals surface area contributed by atoms with E-state index in [4.69, 9.17) is 10.5 Å². The predicted molar refractivity (Wildman–Crippen MR) is 85.2 cm³/mol. The van der Waals surface area contributed by atoms with Gasteiger partial charge in [0.2, 0.25) is 0 Å². The van der Waals surface area contributed by atoms with E-state index in [9.17, 15) is 0 Å². The van der Waals surface area contributed by atoms with Crippen molar-refractivity contribution in [2.24, 2.45) is 28.9 Å². The summed E-state index contributed by atoms with van der Waals surface area (Å²) in [5.41, 5.74) is 6.04. The minimum atomic E-state index is -0.125. The van der Waals surface area contributed by atoms with Crippen molar-refractivity contribution in [1.29, 1.82) is 0 Å². The fraction of sp³-hybridized carbons (Fsp3) is 1.00. The van der Waals surface area contributed by atoms with E-state index in [1.54, 1.807) is 0 Å². The van der Waals surface area contributed by atoms with Gasteiger partial charge >= 0.3 is 0 Å². The highest BCUT2D eigenvalue weighted by molar-refractivity contribution is 4.83. The first-order valence-corrected chi connectivity index (χ1v) is 7.79. The summed E-state index contributed by atoms with van der Waals surface area (Å²) < 4.78 is 6.14. The van der Waals surface area contributed by atoms with Crippen molar-refractivity contribution in [1.82, 2.24) is 0 Å². The lowest BCUT2D eigenvalue weighted by atomic mass is 9.67. The average molecular weight is 271 g/mol. The Morgan fingerprint density at radius 1 is 0.947 bits per heavy atom. The van der Waals surface area contributed by atoms with Crippen LogP contribution in [0.25, 0.3) is 0 Å². The van der Waals surface area contributed by atoms with Crippen LogP contribution in [0.15, 0.2) is 0 Å². The van der Waals surface area contributed by atoms with Crippen molar-refractivity contribution < 1.29 is 4.74 Å². The van der Waals surface area contributed by atoms with Crippen LogP contribution in [0.1, 0.15) is 68.7 Å². The molecule has 0 aliphatic rings. The lowest BCUT2D eigenvalue weighted by molar-refractivity contribution is -0.0685. The van der Waals surface area contributed by atoms with Gasteiger partial charge in [0, 0.05) is 6.04 Å². The zero-order valence-corrected chi connectivity index (χ0v) is 14.7. The van der Waals surface area contributed by atoms with Gasteiger partial charge in [-0.2, -0.15) is 0 Å². The van der Waals surface area contributed by atoms with E-state index < -0.39 is 0 Å². The summed E-state index contributed by atoms with van der Waals surface area (Å²) in [5.74, 6) is 1.93. The lowest BCUT2D eigenvalue weighted by Gasteiger charge is -2.41. The number of hydrogen-bond acceptors (Lipinski definition) is 2. The standard InChI is InChI=1S/C17H37NO/c1-12(2)15(5)17(8,9)13(3)11-19-16(6,7)10-14(4)18/h12-15H,10-11,18H2,1-9H3. The summed E-state index contributed by atoms with van der Waals surface area (Å²) in [4.78, 5) is 0. The number of ether oxygens (including phenoxy) is 1. The molecule has 0 saturated carbocycles. The lowest BCUT2D eigenvalue weighted by Crippen LogP contribution is -2.39. The van der Waals surface area contributed by atoms with Crippen LogP contribution in [0.4, 0.5) is 0 Å². The molecule has 0 amide bonds. The van der Waals surface area contributed by atoms with Crippen LogP contribution >= 0.6 is 0 Å². The van der Waals surface area contributed by atoms with Gasteiger partial charge < -0.3 is 10.5 Å². The molecule has 0 rings (SSSR count). The first-order valence-electron chi connectivity index (χ1n) is 7.79. The van der Waals surface area contributed by atoms with Crippen molar-refractivity contribution in [3.63, 3.8) is 0 Å². The molecule has 0 aliphatic heterocycles. The zero-order chi connectivity index (χ0) is 15.4. The predicted octanol–water partition coefficient (Wildman–Crippen LogP) is 4.47. The van der Waals surface area contributed by atoms with Gasteiger partial charge in [0.1, 0.15) is 0 Å². The second kappa shape index (κ2) is 7.08. The highest BCUT2D eigenvalue weighted by Gasteiger charge is 2.34. The molecule has 0 heterocycles. The van der Waals surface area contributed by atoms with Gasteiger partial charge in [-0.25, -0.2) is 0 Å². The third-order valence-electron chi connectivity index (χ3n) is 4.98. The maximum atomic E-state index is 6.14. The first kappa shape index (κ1) is 18.9. The Balaban J connectivity index is 4.49. The third kappa shape index (κ3) is 6.27. The van der Waals surface area contributed by atoms with Crippen LogP contribution in [-0.2, 0) is 4.74 Å². The quantitative estimate of drug-likeness (QED) is 0.706. The second-order valence-electron chi connectivity index (χ2n) is 8.01. The van der Waals surface area contributed by atoms with Crippen LogP contribution in [0.5, 0.6) is 0 Å². The van der Waals surface area contributed by atoms with Gasteiger partial charge in [-0.05, 0) is 50.4 Å². The van der Waals surface area contributed by atoms with Crippen molar-refractivity contribution in [3.05, 3.63) is 0 Å². The largest absolute Gasteiger partial charge is 0.375 e. The van der Waals surface area contributed by atoms with E-state index in [0.717, 1.165) is 13.0 Å². The fourth-order valence-electron chi connectivity index (χ4n) is 2.71. The molecule has 0 fully saturated rings. The Hall–Kier alpha value is -0.0800. The molecule has 2 N–H and O–H groups in total. The summed E-state index contributed by atoms with van der Waals surface area (Å²) in [7, 11) is 0. The monoisotopic (exact) mass is 271 g/mol. The Morgan fingerprint density at radius 3 is 1.79 bits per heavy atom. The molecule has 0 aromatic rings. The minimum absolute atomic E-state index is 0.125. The smallest absolute Gasteiger partial charge is 0.0641 e. The zero-order valence-electron chi connectivity index (χ0n) is 14.7. The molecular formula is C17H37NO. The number of rotatable bonds is 8. The van der Waals surface area contributed by atoms with Gasteiger partial charge in [-0.15, -0.1) is 0 Å². The topological polar surface area (TPSA) is 35.2 Å². The second-order valence-corrected chi connectivity index (χ2v) is 8.01. The molecule has 116 valence electrons. The molecule has 0 aromatic carbocycles. The summed E-state index contributed by atoms with van der Waals surface area (Å²) in [6.45, 7) is 21.1. The summed E-state index contributed by atoms with van der Waals surface area (Å²) in [6.07, 6.45) is 0.903. The van der Waals surface area contributed by atoms with Gasteiger partial charge in [0.15, 0.2) is 0 Å². The van der Waals surface area contributed by atoms with Crippen molar-refractivity contribution >= 4 is 0 Å². The molecule has 0 aliphatic carbocycles. The molecule has 0 radical (unpaired) electrons. The molecule has 0 spiro atoms. The van der Waals surface area contributed by atoms with E-state index in [1.165, 1.54) is 0 Å². The summed E-state index contributed by atoms with van der Waals surface area (Å²) in [5, 5.41) is 0. The Morgan fingerprint density at radius 2 is 1.42 bits per heavy atom. The highest BCUT2D eigenvalue weighted by Crippen LogP contribution is 2.39. The van der Waals surface area contributed by atoms with Crippen molar-refractivity contribution in [3.8, 4) is 0 Å². The van der Waals surface area contributed by atoms with Crippen LogP contribution in [0, 0.1) is 23.2 Å².